The van der Waals surface area contributed by atoms with E-state index in [1.54, 1.807) is 24.3 Å². The molecule has 1 amide bonds. The summed E-state index contributed by atoms with van der Waals surface area (Å²) >= 11 is 0. The van der Waals surface area contributed by atoms with E-state index < -0.39 is 5.97 Å². The SMILES string of the molecule is CCC1(C(=O)NCCc2ccc(C(=O)O)cc2)CCCC1. The van der Waals surface area contributed by atoms with Crippen LogP contribution in [0.5, 0.6) is 0 Å². The minimum atomic E-state index is -0.916. The molecule has 0 atom stereocenters. The summed E-state index contributed by atoms with van der Waals surface area (Å²) in [7, 11) is 0. The zero-order valence-electron chi connectivity index (χ0n) is 12.5. The Morgan fingerprint density at radius 1 is 1.19 bits per heavy atom. The molecule has 1 saturated carbocycles. The summed E-state index contributed by atoms with van der Waals surface area (Å²) in [5.41, 5.74) is 1.18. The van der Waals surface area contributed by atoms with Crippen LogP contribution >= 0.6 is 0 Å². The summed E-state index contributed by atoms with van der Waals surface area (Å²) in [4.78, 5) is 23.1. The molecule has 1 fully saturated rings. The van der Waals surface area contributed by atoms with Crippen molar-refractivity contribution in [2.24, 2.45) is 5.41 Å². The molecule has 1 aromatic carbocycles. The molecule has 0 unspecified atom stereocenters. The zero-order valence-corrected chi connectivity index (χ0v) is 12.5. The highest BCUT2D eigenvalue weighted by Gasteiger charge is 2.38. The molecule has 0 aliphatic heterocycles. The molecule has 0 saturated heterocycles. The van der Waals surface area contributed by atoms with Gasteiger partial charge in [0.15, 0.2) is 0 Å². The van der Waals surface area contributed by atoms with Gasteiger partial charge in [0.2, 0.25) is 5.91 Å². The molecule has 4 heteroatoms. The molecule has 0 spiro atoms. The fraction of sp³-hybridized carbons (Fsp3) is 0.529. The number of carboxylic acid groups (broad SMARTS) is 1. The first-order chi connectivity index (χ1) is 10.1. The van der Waals surface area contributed by atoms with Gasteiger partial charge in [0.25, 0.3) is 0 Å². The van der Waals surface area contributed by atoms with Crippen molar-refractivity contribution in [2.45, 2.75) is 45.4 Å². The van der Waals surface area contributed by atoms with E-state index in [0.29, 0.717) is 12.1 Å². The Morgan fingerprint density at radius 3 is 2.33 bits per heavy atom. The van der Waals surface area contributed by atoms with Gasteiger partial charge in [-0.3, -0.25) is 4.79 Å². The van der Waals surface area contributed by atoms with Gasteiger partial charge < -0.3 is 10.4 Å². The molecule has 0 aromatic heterocycles. The van der Waals surface area contributed by atoms with Gasteiger partial charge in [0.1, 0.15) is 0 Å². The average molecular weight is 289 g/mol. The monoisotopic (exact) mass is 289 g/mol. The lowest BCUT2D eigenvalue weighted by Crippen LogP contribution is -2.39. The maximum Gasteiger partial charge on any atom is 0.335 e. The van der Waals surface area contributed by atoms with E-state index in [1.807, 2.05) is 0 Å². The number of benzene rings is 1. The van der Waals surface area contributed by atoms with Crippen LogP contribution in [0.25, 0.3) is 0 Å². The lowest BCUT2D eigenvalue weighted by Gasteiger charge is -2.26. The molecular formula is C17H23NO3. The van der Waals surface area contributed by atoms with Gasteiger partial charge in [-0.05, 0) is 43.4 Å². The third kappa shape index (κ3) is 3.63. The summed E-state index contributed by atoms with van der Waals surface area (Å²) < 4.78 is 0. The second-order valence-electron chi connectivity index (χ2n) is 5.85. The van der Waals surface area contributed by atoms with Crippen molar-refractivity contribution >= 4 is 11.9 Å². The fourth-order valence-electron chi connectivity index (χ4n) is 3.11. The van der Waals surface area contributed by atoms with Crippen molar-refractivity contribution < 1.29 is 14.7 Å². The van der Waals surface area contributed by atoms with Crippen molar-refractivity contribution in [1.29, 1.82) is 0 Å². The molecule has 1 aromatic rings. The number of carboxylic acids is 1. The van der Waals surface area contributed by atoms with E-state index in [2.05, 4.69) is 12.2 Å². The largest absolute Gasteiger partial charge is 0.478 e. The van der Waals surface area contributed by atoms with Crippen LogP contribution in [0, 0.1) is 5.41 Å². The molecule has 21 heavy (non-hydrogen) atoms. The molecule has 4 nitrogen and oxygen atoms in total. The molecule has 2 rings (SSSR count). The molecule has 1 aliphatic rings. The quantitative estimate of drug-likeness (QED) is 0.846. The number of aromatic carboxylic acids is 1. The van der Waals surface area contributed by atoms with Crippen molar-refractivity contribution in [1.82, 2.24) is 5.32 Å². The number of amides is 1. The summed E-state index contributed by atoms with van der Waals surface area (Å²) in [5, 5.41) is 11.9. The Balaban J connectivity index is 1.83. The molecule has 114 valence electrons. The van der Waals surface area contributed by atoms with E-state index in [1.165, 1.54) is 0 Å². The van der Waals surface area contributed by atoms with Crippen LogP contribution in [0.2, 0.25) is 0 Å². The van der Waals surface area contributed by atoms with Crippen molar-refractivity contribution in [3.63, 3.8) is 0 Å². The Morgan fingerprint density at radius 2 is 1.81 bits per heavy atom. The topological polar surface area (TPSA) is 66.4 Å². The molecule has 0 bridgehead atoms. The first-order valence-electron chi connectivity index (χ1n) is 7.68. The van der Waals surface area contributed by atoms with Gasteiger partial charge in [-0.1, -0.05) is 31.9 Å². The first kappa shape index (κ1) is 15.5. The zero-order chi connectivity index (χ0) is 15.3. The average Bonchev–Trinajstić information content (AvgIpc) is 2.98. The maximum atomic E-state index is 12.3. The van der Waals surface area contributed by atoms with E-state index in [9.17, 15) is 9.59 Å². The van der Waals surface area contributed by atoms with E-state index >= 15 is 0 Å². The Hall–Kier alpha value is -1.84. The van der Waals surface area contributed by atoms with Crippen molar-refractivity contribution in [3.05, 3.63) is 35.4 Å². The van der Waals surface area contributed by atoms with E-state index in [4.69, 9.17) is 5.11 Å². The summed E-state index contributed by atoms with van der Waals surface area (Å²) in [6, 6.07) is 6.82. The molecule has 1 aliphatic carbocycles. The van der Waals surface area contributed by atoms with E-state index in [-0.39, 0.29) is 11.3 Å². The fourth-order valence-corrected chi connectivity index (χ4v) is 3.11. The smallest absolute Gasteiger partial charge is 0.335 e. The standard InChI is InChI=1S/C17H23NO3/c1-2-17(10-3-4-11-17)16(21)18-12-9-13-5-7-14(8-6-13)15(19)20/h5-8H,2-4,9-12H2,1H3,(H,18,21)(H,19,20). The predicted molar refractivity (Wildman–Crippen MR) is 81.3 cm³/mol. The first-order valence-corrected chi connectivity index (χ1v) is 7.68. The Kier molecular flexibility index (Phi) is 4.99. The molecule has 2 N–H and O–H groups in total. The number of hydrogen-bond acceptors (Lipinski definition) is 2. The van der Waals surface area contributed by atoms with Gasteiger partial charge in [-0.25, -0.2) is 4.79 Å². The highest BCUT2D eigenvalue weighted by Crippen LogP contribution is 2.40. The second-order valence-corrected chi connectivity index (χ2v) is 5.85. The highest BCUT2D eigenvalue weighted by molar-refractivity contribution is 5.87. The summed E-state index contributed by atoms with van der Waals surface area (Å²) in [5.74, 6) is -0.731. The molecule has 0 heterocycles. The summed E-state index contributed by atoms with van der Waals surface area (Å²) in [6.07, 6.45) is 5.94. The van der Waals surface area contributed by atoms with Crippen molar-refractivity contribution in [3.8, 4) is 0 Å². The number of hydrogen-bond donors (Lipinski definition) is 2. The van der Waals surface area contributed by atoms with Gasteiger partial charge in [0, 0.05) is 12.0 Å². The van der Waals surface area contributed by atoms with E-state index in [0.717, 1.165) is 44.1 Å². The van der Waals surface area contributed by atoms with Gasteiger partial charge in [-0.15, -0.1) is 0 Å². The Labute approximate surface area is 125 Å². The number of nitrogens with one attached hydrogen (secondary N) is 1. The van der Waals surface area contributed by atoms with Crippen LogP contribution in [-0.4, -0.2) is 23.5 Å². The lowest BCUT2D eigenvalue weighted by atomic mass is 9.82. The summed E-state index contributed by atoms with van der Waals surface area (Å²) in [6.45, 7) is 2.70. The van der Waals surface area contributed by atoms with Crippen molar-refractivity contribution in [2.75, 3.05) is 6.54 Å². The number of carbonyl (C=O) groups excluding carboxylic acids is 1. The molecular weight excluding hydrogens is 266 g/mol. The minimum absolute atomic E-state index is 0.146. The van der Waals surface area contributed by atoms with Crippen LogP contribution in [-0.2, 0) is 11.2 Å². The number of rotatable bonds is 6. The van der Waals surface area contributed by atoms with Crippen LogP contribution in [0.1, 0.15) is 54.9 Å². The molecule has 0 radical (unpaired) electrons. The van der Waals surface area contributed by atoms with Gasteiger partial charge >= 0.3 is 5.97 Å². The third-order valence-corrected chi connectivity index (χ3v) is 4.62. The second kappa shape index (κ2) is 6.74. The van der Waals surface area contributed by atoms with Crippen LogP contribution in [0.3, 0.4) is 0 Å². The highest BCUT2D eigenvalue weighted by atomic mass is 16.4. The number of carbonyl (C=O) groups is 2. The maximum absolute atomic E-state index is 12.3. The van der Waals surface area contributed by atoms with Gasteiger partial charge in [0.05, 0.1) is 5.56 Å². The normalized spacial score (nSPS) is 16.6. The van der Waals surface area contributed by atoms with Gasteiger partial charge in [-0.2, -0.15) is 0 Å². The van der Waals surface area contributed by atoms with Crippen LogP contribution in [0.15, 0.2) is 24.3 Å². The lowest BCUT2D eigenvalue weighted by molar-refractivity contribution is -0.131. The Bertz CT molecular complexity index is 501. The third-order valence-electron chi connectivity index (χ3n) is 4.62. The van der Waals surface area contributed by atoms with Crippen LogP contribution in [0.4, 0.5) is 0 Å². The minimum Gasteiger partial charge on any atom is -0.478 e. The predicted octanol–water partition coefficient (Wildman–Crippen LogP) is 3.01. The van der Waals surface area contributed by atoms with Crippen LogP contribution < -0.4 is 5.32 Å².